The lowest BCUT2D eigenvalue weighted by Crippen LogP contribution is -2.42. The smallest absolute Gasteiger partial charge is 0.207 e. The summed E-state index contributed by atoms with van der Waals surface area (Å²) in [6.07, 6.45) is 2.77. The molecule has 0 N–H and O–H groups in total. The van der Waals surface area contributed by atoms with Crippen molar-refractivity contribution in [3.63, 3.8) is 0 Å². The van der Waals surface area contributed by atoms with Crippen molar-refractivity contribution >= 4 is 44.8 Å². The molecule has 0 aromatic heterocycles. The van der Waals surface area contributed by atoms with Crippen LogP contribution in [-0.4, -0.2) is 25.3 Å². The summed E-state index contributed by atoms with van der Waals surface area (Å²) in [6.45, 7) is 2.42. The first-order valence-electron chi connectivity index (χ1n) is 6.00. The van der Waals surface area contributed by atoms with Crippen LogP contribution in [0, 0.1) is 0 Å². The number of rotatable bonds is 2. The monoisotopic (exact) mass is 341 g/mol. The minimum absolute atomic E-state index is 0.0238. The normalized spacial score (nSPS) is 21.6. The van der Waals surface area contributed by atoms with Gasteiger partial charge in [-0.05, 0) is 31.9 Å². The molecule has 1 aromatic carbocycles. The third-order valence-corrected chi connectivity index (χ3v) is 6.50. The fourth-order valence-corrected chi connectivity index (χ4v) is 4.93. The molecule has 0 radical (unpaired) electrons. The molecule has 1 aromatic rings. The van der Waals surface area contributed by atoms with E-state index in [0.717, 1.165) is 19.3 Å². The van der Waals surface area contributed by atoms with Gasteiger partial charge in [0.25, 0.3) is 0 Å². The first-order valence-corrected chi connectivity index (χ1v) is 8.58. The number of halogens is 3. The van der Waals surface area contributed by atoms with E-state index in [4.69, 9.17) is 34.8 Å². The molecule has 1 fully saturated rings. The Balaban J connectivity index is 2.47. The second kappa shape index (κ2) is 5.78. The minimum atomic E-state index is -3.62. The van der Waals surface area contributed by atoms with Gasteiger partial charge in [0.1, 0.15) is 4.90 Å². The third-order valence-electron chi connectivity index (χ3n) is 3.30. The van der Waals surface area contributed by atoms with Crippen molar-refractivity contribution in [2.75, 3.05) is 6.54 Å². The molecule has 1 atom stereocenters. The quantitative estimate of drug-likeness (QED) is 0.755. The molecule has 0 amide bonds. The highest BCUT2D eigenvalue weighted by atomic mass is 35.5. The Morgan fingerprint density at radius 3 is 2.37 bits per heavy atom. The molecule has 1 aliphatic rings. The number of hydrogen-bond acceptors (Lipinski definition) is 2. The van der Waals surface area contributed by atoms with E-state index in [2.05, 4.69) is 0 Å². The highest BCUT2D eigenvalue weighted by Gasteiger charge is 2.32. The highest BCUT2D eigenvalue weighted by molar-refractivity contribution is 7.89. The number of hydrogen-bond donors (Lipinski definition) is 0. The molecule has 0 saturated carbocycles. The Labute approximate surface area is 128 Å². The van der Waals surface area contributed by atoms with Crippen LogP contribution in [0.1, 0.15) is 26.2 Å². The summed E-state index contributed by atoms with van der Waals surface area (Å²) >= 11 is 17.7. The van der Waals surface area contributed by atoms with Crippen LogP contribution in [0.15, 0.2) is 17.0 Å². The number of sulfonamides is 1. The molecule has 0 bridgehead atoms. The van der Waals surface area contributed by atoms with E-state index in [1.165, 1.54) is 16.4 Å². The molecule has 2 rings (SSSR count). The van der Waals surface area contributed by atoms with Gasteiger partial charge in [-0.25, -0.2) is 8.42 Å². The lowest BCUT2D eigenvalue weighted by atomic mass is 10.1. The molecule has 1 heterocycles. The zero-order chi connectivity index (χ0) is 14.2. The van der Waals surface area contributed by atoms with E-state index in [1.54, 1.807) is 0 Å². The maximum Gasteiger partial charge on any atom is 0.244 e. The van der Waals surface area contributed by atoms with Crippen LogP contribution in [0.4, 0.5) is 0 Å². The van der Waals surface area contributed by atoms with E-state index in [9.17, 15) is 8.42 Å². The van der Waals surface area contributed by atoms with Gasteiger partial charge in [0, 0.05) is 12.6 Å². The SMILES string of the molecule is C[C@H]1CCCCN1S(=O)(=O)c1cc(Cl)c(Cl)cc1Cl. The largest absolute Gasteiger partial charge is 0.244 e. The fourth-order valence-electron chi connectivity index (χ4n) is 2.26. The van der Waals surface area contributed by atoms with Crippen molar-refractivity contribution in [1.29, 1.82) is 0 Å². The molecule has 0 unspecified atom stereocenters. The molecule has 1 aliphatic heterocycles. The molecular weight excluding hydrogens is 329 g/mol. The lowest BCUT2D eigenvalue weighted by Gasteiger charge is -2.32. The van der Waals surface area contributed by atoms with E-state index in [1.807, 2.05) is 6.92 Å². The van der Waals surface area contributed by atoms with E-state index < -0.39 is 10.0 Å². The van der Waals surface area contributed by atoms with Crippen LogP contribution in [0.5, 0.6) is 0 Å². The summed E-state index contributed by atoms with van der Waals surface area (Å²) < 4.78 is 26.7. The van der Waals surface area contributed by atoms with Gasteiger partial charge in [0.05, 0.1) is 15.1 Å². The van der Waals surface area contributed by atoms with Crippen molar-refractivity contribution in [3.05, 3.63) is 27.2 Å². The molecule has 0 spiro atoms. The summed E-state index contributed by atoms with van der Waals surface area (Å²) in [5.41, 5.74) is 0. The van der Waals surface area contributed by atoms with Crippen molar-refractivity contribution in [3.8, 4) is 0 Å². The van der Waals surface area contributed by atoms with Gasteiger partial charge in [0.2, 0.25) is 10.0 Å². The second-order valence-corrected chi connectivity index (χ2v) is 7.74. The van der Waals surface area contributed by atoms with Gasteiger partial charge in [-0.1, -0.05) is 41.2 Å². The van der Waals surface area contributed by atoms with Gasteiger partial charge in [-0.2, -0.15) is 4.31 Å². The van der Waals surface area contributed by atoms with Gasteiger partial charge >= 0.3 is 0 Å². The predicted octanol–water partition coefficient (Wildman–Crippen LogP) is 4.21. The van der Waals surface area contributed by atoms with Gasteiger partial charge < -0.3 is 0 Å². The average molecular weight is 343 g/mol. The second-order valence-electron chi connectivity index (χ2n) is 4.66. The van der Waals surface area contributed by atoms with E-state index in [-0.39, 0.29) is 26.0 Å². The maximum atomic E-state index is 12.6. The third kappa shape index (κ3) is 3.03. The Hall–Kier alpha value is -0.000000000000000111. The summed E-state index contributed by atoms with van der Waals surface area (Å²) in [6, 6.07) is 2.67. The molecule has 106 valence electrons. The Morgan fingerprint density at radius 2 is 1.74 bits per heavy atom. The predicted molar refractivity (Wildman–Crippen MR) is 78.7 cm³/mol. The minimum Gasteiger partial charge on any atom is -0.207 e. The summed E-state index contributed by atoms with van der Waals surface area (Å²) in [4.78, 5) is 0.0253. The molecule has 0 aliphatic carbocycles. The molecular formula is C12H14Cl3NO2S. The van der Waals surface area contributed by atoms with Crippen LogP contribution in [0.25, 0.3) is 0 Å². The average Bonchev–Trinajstić information content (AvgIpc) is 2.34. The van der Waals surface area contributed by atoms with Crippen LogP contribution in [0.3, 0.4) is 0 Å². The standard InChI is InChI=1S/C12H14Cl3NO2S/c1-8-4-2-3-5-16(8)19(17,18)12-7-10(14)9(13)6-11(12)15/h6-8H,2-5H2,1H3/t8-/m0/s1. The Bertz CT molecular complexity index is 589. The number of piperidine rings is 1. The summed E-state index contributed by atoms with van der Waals surface area (Å²) in [7, 11) is -3.62. The number of benzene rings is 1. The molecule has 3 nitrogen and oxygen atoms in total. The first-order chi connectivity index (χ1) is 8.84. The van der Waals surface area contributed by atoms with Crippen LogP contribution in [-0.2, 0) is 10.0 Å². The van der Waals surface area contributed by atoms with Crippen molar-refractivity contribution < 1.29 is 8.42 Å². The topological polar surface area (TPSA) is 37.4 Å². The van der Waals surface area contributed by atoms with Crippen LogP contribution in [0.2, 0.25) is 15.1 Å². The van der Waals surface area contributed by atoms with E-state index in [0.29, 0.717) is 6.54 Å². The van der Waals surface area contributed by atoms with Gasteiger partial charge in [-0.15, -0.1) is 0 Å². The van der Waals surface area contributed by atoms with Crippen molar-refractivity contribution in [2.24, 2.45) is 0 Å². The fraction of sp³-hybridized carbons (Fsp3) is 0.500. The highest BCUT2D eigenvalue weighted by Crippen LogP contribution is 2.34. The summed E-state index contributed by atoms with van der Waals surface area (Å²) in [5.74, 6) is 0. The molecule has 1 saturated heterocycles. The lowest BCUT2D eigenvalue weighted by molar-refractivity contribution is 0.268. The summed E-state index contributed by atoms with van der Waals surface area (Å²) in [5, 5.41) is 0.541. The van der Waals surface area contributed by atoms with Crippen LogP contribution < -0.4 is 0 Å². The zero-order valence-electron chi connectivity index (χ0n) is 10.4. The molecule has 7 heteroatoms. The first kappa shape index (κ1) is 15.4. The zero-order valence-corrected chi connectivity index (χ0v) is 13.5. The van der Waals surface area contributed by atoms with Gasteiger partial charge in [-0.3, -0.25) is 0 Å². The van der Waals surface area contributed by atoms with Crippen LogP contribution >= 0.6 is 34.8 Å². The maximum absolute atomic E-state index is 12.6. The number of nitrogens with zero attached hydrogens (tertiary/aromatic N) is 1. The molecule has 19 heavy (non-hydrogen) atoms. The Morgan fingerprint density at radius 1 is 1.11 bits per heavy atom. The van der Waals surface area contributed by atoms with Crippen molar-refractivity contribution in [2.45, 2.75) is 37.1 Å². The van der Waals surface area contributed by atoms with Gasteiger partial charge in [0.15, 0.2) is 0 Å². The Kier molecular flexibility index (Phi) is 4.68. The van der Waals surface area contributed by atoms with Crippen molar-refractivity contribution in [1.82, 2.24) is 4.31 Å². The van der Waals surface area contributed by atoms with E-state index >= 15 is 0 Å².